The van der Waals surface area contributed by atoms with Crippen molar-refractivity contribution in [1.29, 1.82) is 0 Å². The van der Waals surface area contributed by atoms with Crippen molar-refractivity contribution in [2.24, 2.45) is 0 Å². The molecule has 18 heavy (non-hydrogen) atoms. The molecule has 100 valence electrons. The Morgan fingerprint density at radius 2 is 1.78 bits per heavy atom. The van der Waals surface area contributed by atoms with Crippen LogP contribution in [0.2, 0.25) is 0 Å². The Balaban J connectivity index is 0.000000659. The van der Waals surface area contributed by atoms with Gasteiger partial charge in [0.15, 0.2) is 11.5 Å². The maximum Gasteiger partial charge on any atom is 0.325 e. The van der Waals surface area contributed by atoms with Crippen LogP contribution >= 0.6 is 0 Å². The van der Waals surface area contributed by atoms with Crippen molar-refractivity contribution in [1.82, 2.24) is 19.9 Å². The van der Waals surface area contributed by atoms with Gasteiger partial charge < -0.3 is 10.3 Å². The van der Waals surface area contributed by atoms with Gasteiger partial charge in [-0.1, -0.05) is 27.7 Å². The van der Waals surface area contributed by atoms with E-state index in [0.29, 0.717) is 17.0 Å². The van der Waals surface area contributed by atoms with E-state index in [2.05, 4.69) is 25.3 Å². The van der Waals surface area contributed by atoms with E-state index in [-0.39, 0.29) is 11.6 Å². The zero-order valence-corrected chi connectivity index (χ0v) is 11.3. The van der Waals surface area contributed by atoms with Crippen molar-refractivity contribution in [2.75, 3.05) is 5.32 Å². The molecule has 0 saturated heterocycles. The van der Waals surface area contributed by atoms with Crippen molar-refractivity contribution in [3.63, 3.8) is 0 Å². The lowest BCUT2D eigenvalue weighted by Gasteiger charge is -1.99. The number of rotatable bonds is 1. The van der Waals surface area contributed by atoms with Crippen molar-refractivity contribution >= 4 is 22.9 Å². The predicted molar refractivity (Wildman–Crippen MR) is 71.5 cm³/mol. The Kier molecular flexibility index (Phi) is 7.02. The van der Waals surface area contributed by atoms with E-state index in [4.69, 9.17) is 0 Å². The highest BCUT2D eigenvalue weighted by Gasteiger charge is 2.07. The van der Waals surface area contributed by atoms with E-state index in [1.807, 2.05) is 27.7 Å². The van der Waals surface area contributed by atoms with E-state index in [1.54, 1.807) is 0 Å². The van der Waals surface area contributed by atoms with Crippen LogP contribution in [0.4, 0.5) is 5.82 Å². The third-order valence-corrected chi connectivity index (χ3v) is 1.61. The van der Waals surface area contributed by atoms with Crippen molar-refractivity contribution < 1.29 is 4.79 Å². The number of nitrogens with one attached hydrogen (secondary N) is 3. The summed E-state index contributed by atoms with van der Waals surface area (Å²) < 4.78 is 0. The Morgan fingerprint density at radius 3 is 2.33 bits per heavy atom. The van der Waals surface area contributed by atoms with Crippen LogP contribution in [0.25, 0.3) is 11.2 Å². The average Bonchev–Trinajstić information content (AvgIpc) is 2.75. The number of hydrogen-bond acceptors (Lipinski definition) is 4. The van der Waals surface area contributed by atoms with E-state index in [0.717, 1.165) is 0 Å². The van der Waals surface area contributed by atoms with Gasteiger partial charge in [-0.05, 0) is 0 Å². The molecular formula is C11H19N5O2. The first-order chi connectivity index (χ1) is 8.66. The zero-order valence-electron chi connectivity index (χ0n) is 11.3. The number of carbonyl (C=O) groups is 1. The molecule has 7 heteroatoms. The number of amides is 1. The molecule has 2 heterocycles. The molecule has 0 radical (unpaired) electrons. The van der Waals surface area contributed by atoms with Gasteiger partial charge >= 0.3 is 5.69 Å². The van der Waals surface area contributed by atoms with Crippen molar-refractivity contribution in [3.05, 3.63) is 16.8 Å². The highest BCUT2D eigenvalue weighted by Crippen LogP contribution is 2.12. The predicted octanol–water partition coefficient (Wildman–Crippen LogP) is 1.66. The smallest absolute Gasteiger partial charge is 0.309 e. The van der Waals surface area contributed by atoms with Crippen LogP contribution < -0.4 is 11.0 Å². The number of H-pyrrole nitrogens is 2. The average molecular weight is 253 g/mol. The van der Waals surface area contributed by atoms with Gasteiger partial charge in [0.1, 0.15) is 11.8 Å². The topological polar surface area (TPSA) is 104 Å². The molecule has 0 spiro atoms. The number of imidazole rings is 1. The molecule has 0 saturated carbocycles. The fraction of sp³-hybridized carbons (Fsp3) is 0.455. The quantitative estimate of drug-likeness (QED) is 0.718. The fourth-order valence-electron chi connectivity index (χ4n) is 1.11. The number of aromatic nitrogens is 4. The molecule has 0 bridgehead atoms. The first-order valence-corrected chi connectivity index (χ1v) is 5.87. The molecular weight excluding hydrogens is 234 g/mol. The second-order valence-electron chi connectivity index (χ2n) is 2.71. The Bertz CT molecular complexity index is 544. The van der Waals surface area contributed by atoms with Crippen LogP contribution in [0, 0.1) is 0 Å². The number of nitrogens with zero attached hydrogens (tertiary/aromatic N) is 2. The fourth-order valence-corrected chi connectivity index (χ4v) is 1.11. The van der Waals surface area contributed by atoms with E-state index < -0.39 is 0 Å². The molecule has 0 unspecified atom stereocenters. The van der Waals surface area contributed by atoms with Gasteiger partial charge in [-0.15, -0.1) is 0 Å². The lowest BCUT2D eigenvalue weighted by Crippen LogP contribution is -2.08. The molecule has 2 rings (SSSR count). The number of hydrogen-bond donors (Lipinski definition) is 3. The minimum absolute atomic E-state index is 0.257. The molecule has 0 aliphatic rings. The van der Waals surface area contributed by atoms with Crippen LogP contribution in [-0.2, 0) is 4.79 Å². The molecule has 0 aliphatic heterocycles. The summed E-state index contributed by atoms with van der Waals surface area (Å²) in [7, 11) is 0. The SMILES string of the molecule is CC.CC.CC(=O)Nc1ncnc2[nH]c(=O)[nH]c12. The van der Waals surface area contributed by atoms with Gasteiger partial charge in [-0.3, -0.25) is 9.78 Å². The van der Waals surface area contributed by atoms with Gasteiger partial charge in [0.2, 0.25) is 5.91 Å². The second-order valence-corrected chi connectivity index (χ2v) is 2.71. The number of aromatic amines is 2. The summed E-state index contributed by atoms with van der Waals surface area (Å²) in [5.41, 5.74) is 0.383. The van der Waals surface area contributed by atoms with E-state index >= 15 is 0 Å². The zero-order chi connectivity index (χ0) is 14.1. The number of anilines is 1. The maximum absolute atomic E-state index is 10.9. The summed E-state index contributed by atoms with van der Waals surface area (Å²) in [5.74, 6) is 0.0351. The lowest BCUT2D eigenvalue weighted by atomic mass is 10.5. The van der Waals surface area contributed by atoms with Gasteiger partial charge in [-0.25, -0.2) is 14.8 Å². The summed E-state index contributed by atoms with van der Waals surface area (Å²) in [6.45, 7) is 9.36. The third kappa shape index (κ3) is 4.00. The van der Waals surface area contributed by atoms with Crippen LogP contribution in [0.1, 0.15) is 34.6 Å². The molecule has 1 amide bonds. The summed E-state index contributed by atoms with van der Waals surface area (Å²) in [6.07, 6.45) is 1.26. The second kappa shape index (κ2) is 7.99. The first-order valence-electron chi connectivity index (χ1n) is 5.87. The number of fused-ring (bicyclic) bond motifs is 1. The van der Waals surface area contributed by atoms with Crippen molar-refractivity contribution in [2.45, 2.75) is 34.6 Å². The Morgan fingerprint density at radius 1 is 1.17 bits per heavy atom. The van der Waals surface area contributed by atoms with Crippen LogP contribution in [-0.4, -0.2) is 25.8 Å². The molecule has 2 aromatic heterocycles. The Labute approximate surface area is 105 Å². The Hall–Kier alpha value is -2.18. The molecule has 7 nitrogen and oxygen atoms in total. The van der Waals surface area contributed by atoms with Crippen molar-refractivity contribution in [3.8, 4) is 0 Å². The molecule has 2 aromatic rings. The van der Waals surface area contributed by atoms with E-state index in [1.165, 1.54) is 13.3 Å². The summed E-state index contributed by atoms with van der Waals surface area (Å²) >= 11 is 0. The van der Waals surface area contributed by atoms with Gasteiger partial charge in [0, 0.05) is 6.92 Å². The summed E-state index contributed by atoms with van der Waals surface area (Å²) in [4.78, 5) is 34.3. The van der Waals surface area contributed by atoms with Crippen LogP contribution in [0.3, 0.4) is 0 Å². The molecule has 0 aliphatic carbocycles. The molecule has 3 N–H and O–H groups in total. The minimum atomic E-state index is -0.382. The lowest BCUT2D eigenvalue weighted by molar-refractivity contribution is -0.114. The standard InChI is InChI=1S/C7H7N5O2.2C2H6/c1-3(13)10-5-4-6(9-2-8-5)12-7(14)11-4;2*1-2/h2H,1H3,(H3,8,9,10,11,12,13,14);2*1-2H3. The normalized spacial score (nSPS) is 8.72. The highest BCUT2D eigenvalue weighted by molar-refractivity contribution is 5.95. The van der Waals surface area contributed by atoms with E-state index in [9.17, 15) is 9.59 Å². The highest BCUT2D eigenvalue weighted by atomic mass is 16.1. The van der Waals surface area contributed by atoms with Gasteiger partial charge in [-0.2, -0.15) is 0 Å². The molecule has 0 fully saturated rings. The minimum Gasteiger partial charge on any atom is -0.309 e. The largest absolute Gasteiger partial charge is 0.325 e. The summed E-state index contributed by atoms with van der Waals surface area (Å²) in [6, 6.07) is 0. The van der Waals surface area contributed by atoms with Gasteiger partial charge in [0.05, 0.1) is 0 Å². The first kappa shape index (κ1) is 15.8. The molecule has 0 aromatic carbocycles. The third-order valence-electron chi connectivity index (χ3n) is 1.61. The maximum atomic E-state index is 10.9. The van der Waals surface area contributed by atoms with Gasteiger partial charge in [0.25, 0.3) is 0 Å². The molecule has 0 atom stereocenters. The monoisotopic (exact) mass is 253 g/mol. The number of carbonyl (C=O) groups excluding carboxylic acids is 1. The van der Waals surface area contributed by atoms with Crippen LogP contribution in [0.5, 0.6) is 0 Å². The summed E-state index contributed by atoms with van der Waals surface area (Å²) in [5, 5.41) is 2.48. The van der Waals surface area contributed by atoms with Crippen LogP contribution in [0.15, 0.2) is 11.1 Å².